The minimum Gasteiger partial charge on any atom is -0.484 e. The largest absolute Gasteiger partial charge is 0.484 e. The quantitative estimate of drug-likeness (QED) is 0.280. The van der Waals surface area contributed by atoms with Crippen LogP contribution in [0.15, 0.2) is 29.3 Å². The maximum absolute atomic E-state index is 12.0. The first-order chi connectivity index (χ1) is 13.7. The highest BCUT2D eigenvalue weighted by molar-refractivity contribution is 14.0. The van der Waals surface area contributed by atoms with Crippen molar-refractivity contribution in [2.24, 2.45) is 10.7 Å². The number of hydrogen-bond donors (Lipinski definition) is 3. The van der Waals surface area contributed by atoms with E-state index in [0.717, 1.165) is 12.1 Å². The normalized spacial score (nSPS) is 14.3. The first-order valence-corrected chi connectivity index (χ1v) is 9.69. The van der Waals surface area contributed by atoms with Crippen molar-refractivity contribution >= 4 is 41.9 Å². The molecule has 1 aromatic carbocycles. The topological polar surface area (TPSA) is 118 Å². The van der Waals surface area contributed by atoms with Crippen LogP contribution in [0.5, 0.6) is 5.75 Å². The number of nitrogens with two attached hydrogens (primary N) is 1. The number of halogens is 1. The van der Waals surface area contributed by atoms with E-state index in [1.54, 1.807) is 11.0 Å². The van der Waals surface area contributed by atoms with E-state index in [-0.39, 0.29) is 42.7 Å². The monoisotopic (exact) mass is 533 g/mol. The van der Waals surface area contributed by atoms with Gasteiger partial charge in [-0.2, -0.15) is 0 Å². The van der Waals surface area contributed by atoms with Gasteiger partial charge in [0.25, 0.3) is 5.91 Å². The summed E-state index contributed by atoms with van der Waals surface area (Å²) >= 11 is 0. The van der Waals surface area contributed by atoms with Crippen molar-refractivity contribution in [1.82, 2.24) is 15.5 Å². The smallest absolute Gasteiger partial charge is 0.410 e. The molecule has 10 heteroatoms. The number of nitrogens with one attached hydrogen (secondary N) is 2. The number of guanidine groups is 1. The second kappa shape index (κ2) is 11.8. The van der Waals surface area contributed by atoms with Crippen molar-refractivity contribution in [2.75, 3.05) is 26.2 Å². The van der Waals surface area contributed by atoms with Gasteiger partial charge in [0.1, 0.15) is 11.4 Å². The molecule has 1 heterocycles. The first-order valence-electron chi connectivity index (χ1n) is 9.69. The van der Waals surface area contributed by atoms with E-state index in [2.05, 4.69) is 15.6 Å². The number of hydrogen-bond acceptors (Lipinski definition) is 5. The van der Waals surface area contributed by atoms with Gasteiger partial charge in [0.05, 0.1) is 12.6 Å². The minimum atomic E-state index is -0.520. The molecule has 0 radical (unpaired) electrons. The number of ether oxygens (including phenoxy) is 2. The summed E-state index contributed by atoms with van der Waals surface area (Å²) in [7, 11) is 0. The molecule has 1 fully saturated rings. The van der Waals surface area contributed by atoms with Crippen molar-refractivity contribution < 1.29 is 19.1 Å². The molecule has 0 unspecified atom stereocenters. The van der Waals surface area contributed by atoms with Crippen molar-refractivity contribution in [3.63, 3.8) is 0 Å². The molecule has 168 valence electrons. The molecule has 0 atom stereocenters. The van der Waals surface area contributed by atoms with Crippen molar-refractivity contribution in [3.8, 4) is 5.75 Å². The molecule has 0 spiro atoms. The number of nitrogens with zero attached hydrogens (tertiary/aromatic N) is 2. The third kappa shape index (κ3) is 9.06. The number of primary amides is 1. The average molecular weight is 533 g/mol. The van der Waals surface area contributed by atoms with E-state index in [9.17, 15) is 9.59 Å². The lowest BCUT2D eigenvalue weighted by atomic mass is 10.1. The lowest BCUT2D eigenvalue weighted by molar-refractivity contribution is -0.119. The number of amides is 2. The molecule has 30 heavy (non-hydrogen) atoms. The molecule has 1 saturated heterocycles. The number of carbonyl (C=O) groups excluding carboxylic acids is 2. The van der Waals surface area contributed by atoms with Crippen molar-refractivity contribution in [1.29, 1.82) is 0 Å². The highest BCUT2D eigenvalue weighted by Crippen LogP contribution is 2.16. The van der Waals surface area contributed by atoms with Gasteiger partial charge in [-0.25, -0.2) is 9.79 Å². The van der Waals surface area contributed by atoms with Crippen LogP contribution in [-0.2, 0) is 16.1 Å². The summed E-state index contributed by atoms with van der Waals surface area (Å²) in [5.74, 6) is 0.722. The van der Waals surface area contributed by atoms with Crippen LogP contribution >= 0.6 is 24.0 Å². The standard InChI is InChI=1S/C20H31N5O4.HI/c1-5-22-18(24-15-11-25(12-15)19(27)29-20(2,3)4)23-10-14-7-6-8-16(9-14)28-13-17(21)26;/h6-9,15H,5,10-13H2,1-4H3,(H2,21,26)(H2,22,23,24);1H. The van der Waals surface area contributed by atoms with E-state index in [0.29, 0.717) is 31.3 Å². The zero-order chi connectivity index (χ0) is 21.4. The Hall–Kier alpha value is -2.24. The van der Waals surface area contributed by atoms with Gasteiger partial charge in [0, 0.05) is 19.6 Å². The fraction of sp³-hybridized carbons (Fsp3) is 0.550. The predicted octanol–water partition coefficient (Wildman–Crippen LogP) is 1.84. The zero-order valence-corrected chi connectivity index (χ0v) is 20.3. The van der Waals surface area contributed by atoms with E-state index in [1.165, 1.54) is 0 Å². The van der Waals surface area contributed by atoms with Crippen LogP contribution in [0.1, 0.15) is 33.3 Å². The van der Waals surface area contributed by atoms with Crippen LogP contribution in [0.3, 0.4) is 0 Å². The third-order valence-electron chi connectivity index (χ3n) is 3.92. The molecule has 4 N–H and O–H groups in total. The lowest BCUT2D eigenvalue weighted by Gasteiger charge is -2.40. The van der Waals surface area contributed by atoms with E-state index >= 15 is 0 Å². The number of carbonyl (C=O) groups is 2. The van der Waals surface area contributed by atoms with Crippen molar-refractivity contribution in [2.45, 2.75) is 45.9 Å². The Kier molecular flexibility index (Phi) is 10.2. The second-order valence-corrected chi connectivity index (χ2v) is 7.82. The van der Waals surface area contributed by atoms with Gasteiger partial charge in [-0.1, -0.05) is 12.1 Å². The molecule has 0 aromatic heterocycles. The maximum atomic E-state index is 12.0. The SMILES string of the molecule is CCNC(=NCc1cccc(OCC(N)=O)c1)NC1CN(C(=O)OC(C)(C)C)C1.I. The van der Waals surface area contributed by atoms with Gasteiger partial charge in [-0.3, -0.25) is 4.79 Å². The molecule has 0 bridgehead atoms. The fourth-order valence-electron chi connectivity index (χ4n) is 2.62. The highest BCUT2D eigenvalue weighted by atomic mass is 127. The Morgan fingerprint density at radius 3 is 2.60 bits per heavy atom. The molecule has 0 aliphatic carbocycles. The molecule has 2 amide bonds. The summed E-state index contributed by atoms with van der Waals surface area (Å²) in [4.78, 5) is 29.1. The minimum absolute atomic E-state index is 0. The van der Waals surface area contributed by atoms with E-state index < -0.39 is 11.5 Å². The summed E-state index contributed by atoms with van der Waals surface area (Å²) in [5.41, 5.74) is 5.54. The van der Waals surface area contributed by atoms with Crippen LogP contribution in [-0.4, -0.2) is 60.7 Å². The number of rotatable bonds is 7. The predicted molar refractivity (Wildman–Crippen MR) is 126 cm³/mol. The Balaban J connectivity index is 0.00000450. The van der Waals surface area contributed by atoms with E-state index in [1.807, 2.05) is 45.9 Å². The first kappa shape index (κ1) is 25.8. The van der Waals surface area contributed by atoms with Gasteiger partial charge in [0.15, 0.2) is 12.6 Å². The van der Waals surface area contributed by atoms with Crippen LogP contribution < -0.4 is 21.1 Å². The van der Waals surface area contributed by atoms with Crippen molar-refractivity contribution in [3.05, 3.63) is 29.8 Å². The Labute approximate surface area is 194 Å². The fourth-order valence-corrected chi connectivity index (χ4v) is 2.62. The molecular weight excluding hydrogens is 501 g/mol. The van der Waals surface area contributed by atoms with Crippen LogP contribution in [0.2, 0.25) is 0 Å². The maximum Gasteiger partial charge on any atom is 0.410 e. The molecule has 0 saturated carbocycles. The van der Waals surface area contributed by atoms with Gasteiger partial charge in [0.2, 0.25) is 0 Å². The zero-order valence-electron chi connectivity index (χ0n) is 17.9. The molecule has 9 nitrogen and oxygen atoms in total. The Morgan fingerprint density at radius 2 is 2.00 bits per heavy atom. The number of aliphatic imine (C=N–C) groups is 1. The molecule has 2 rings (SSSR count). The Bertz CT molecular complexity index is 745. The van der Waals surface area contributed by atoms with Gasteiger partial charge >= 0.3 is 6.09 Å². The summed E-state index contributed by atoms with van der Waals surface area (Å²) in [5, 5.41) is 6.52. The van der Waals surface area contributed by atoms with E-state index in [4.69, 9.17) is 15.2 Å². The van der Waals surface area contributed by atoms with Crippen LogP contribution in [0, 0.1) is 0 Å². The molecule has 1 aromatic rings. The summed E-state index contributed by atoms with van der Waals surface area (Å²) in [6.07, 6.45) is -0.301. The summed E-state index contributed by atoms with van der Waals surface area (Å²) < 4.78 is 10.7. The molecule has 1 aliphatic rings. The number of benzene rings is 1. The lowest BCUT2D eigenvalue weighted by Crippen LogP contribution is -2.63. The molecule has 1 aliphatic heterocycles. The molecular formula is C20H32IN5O4. The van der Waals surface area contributed by atoms with Gasteiger partial charge in [-0.15, -0.1) is 24.0 Å². The van der Waals surface area contributed by atoms with Crippen LogP contribution in [0.25, 0.3) is 0 Å². The number of likely N-dealkylation sites (tertiary alicyclic amines) is 1. The average Bonchev–Trinajstić information content (AvgIpc) is 2.59. The van der Waals surface area contributed by atoms with Gasteiger partial charge in [-0.05, 0) is 45.4 Å². The highest BCUT2D eigenvalue weighted by Gasteiger charge is 2.34. The third-order valence-corrected chi connectivity index (χ3v) is 3.92. The van der Waals surface area contributed by atoms with Gasteiger partial charge < -0.3 is 30.7 Å². The van der Waals surface area contributed by atoms with Crippen LogP contribution in [0.4, 0.5) is 4.79 Å². The second-order valence-electron chi connectivity index (χ2n) is 7.82. The Morgan fingerprint density at radius 1 is 1.30 bits per heavy atom. The summed E-state index contributed by atoms with van der Waals surface area (Å²) in [6.45, 7) is 9.67. The summed E-state index contributed by atoms with van der Waals surface area (Å²) in [6, 6.07) is 7.47.